The van der Waals surface area contributed by atoms with Gasteiger partial charge >= 0.3 is 0 Å². The Hall–Kier alpha value is -2.48. The van der Waals surface area contributed by atoms with Crippen LogP contribution in [0.1, 0.15) is 11.3 Å². The minimum Gasteiger partial charge on any atom is -0.264 e. The zero-order valence-corrected chi connectivity index (χ0v) is 11.7. The number of hydrogen-bond donors (Lipinski definition) is 0. The summed E-state index contributed by atoms with van der Waals surface area (Å²) in [5.74, 6) is 0. The summed E-state index contributed by atoms with van der Waals surface area (Å²) < 4.78 is 0. The average molecular weight is 260 g/mol. The molecule has 0 fully saturated rings. The van der Waals surface area contributed by atoms with Gasteiger partial charge in [0.25, 0.3) is 0 Å². The van der Waals surface area contributed by atoms with Crippen LogP contribution in [-0.4, -0.2) is 9.97 Å². The summed E-state index contributed by atoms with van der Waals surface area (Å²) in [6.45, 7) is 4.06. The van der Waals surface area contributed by atoms with E-state index >= 15 is 0 Å². The van der Waals surface area contributed by atoms with E-state index in [2.05, 4.69) is 53.3 Å². The normalized spacial score (nSPS) is 10.5. The van der Waals surface area contributed by atoms with Crippen LogP contribution in [0.15, 0.2) is 61.1 Å². The largest absolute Gasteiger partial charge is 0.264 e. The minimum atomic E-state index is 1.03. The quantitative estimate of drug-likeness (QED) is 0.681. The van der Waals surface area contributed by atoms with E-state index in [1.165, 1.54) is 16.7 Å². The summed E-state index contributed by atoms with van der Waals surface area (Å²) in [7, 11) is 0. The monoisotopic (exact) mass is 260 g/mol. The summed E-state index contributed by atoms with van der Waals surface area (Å²) in [4.78, 5) is 8.62. The molecule has 0 N–H and O–H groups in total. The van der Waals surface area contributed by atoms with Crippen LogP contribution in [0, 0.1) is 13.8 Å². The second-order valence-electron chi connectivity index (χ2n) is 5.02. The molecule has 0 saturated heterocycles. The molecule has 0 aliphatic carbocycles. The van der Waals surface area contributed by atoms with Crippen LogP contribution in [0.4, 0.5) is 0 Å². The fraction of sp³-hybridized carbons (Fsp3) is 0.111. The molecule has 0 atom stereocenters. The Bertz CT molecular complexity index is 730. The SMILES string of the molecule is Cc1cncc(-c2cccc(-c3ccc(C)nc3)c2)c1. The Kier molecular flexibility index (Phi) is 3.30. The van der Waals surface area contributed by atoms with Crippen molar-refractivity contribution < 1.29 is 0 Å². The van der Waals surface area contributed by atoms with E-state index in [1.807, 2.05) is 31.6 Å². The maximum Gasteiger partial charge on any atom is 0.0373 e. The van der Waals surface area contributed by atoms with Crippen molar-refractivity contribution in [1.29, 1.82) is 0 Å². The van der Waals surface area contributed by atoms with Crippen LogP contribution >= 0.6 is 0 Å². The van der Waals surface area contributed by atoms with E-state index in [4.69, 9.17) is 0 Å². The summed E-state index contributed by atoms with van der Waals surface area (Å²) in [6, 6.07) is 14.8. The summed E-state index contributed by atoms with van der Waals surface area (Å²) in [5.41, 5.74) is 6.85. The van der Waals surface area contributed by atoms with Crippen molar-refractivity contribution in [2.24, 2.45) is 0 Å². The summed E-state index contributed by atoms with van der Waals surface area (Å²) in [6.07, 6.45) is 5.69. The van der Waals surface area contributed by atoms with Gasteiger partial charge in [-0.15, -0.1) is 0 Å². The number of aromatic nitrogens is 2. The Labute approximate surface area is 119 Å². The van der Waals surface area contributed by atoms with Gasteiger partial charge in [0.15, 0.2) is 0 Å². The van der Waals surface area contributed by atoms with Gasteiger partial charge in [-0.1, -0.05) is 24.3 Å². The molecule has 0 radical (unpaired) electrons. The van der Waals surface area contributed by atoms with Crippen LogP contribution in [0.2, 0.25) is 0 Å². The van der Waals surface area contributed by atoms with Gasteiger partial charge in [0, 0.05) is 35.4 Å². The van der Waals surface area contributed by atoms with Crippen LogP contribution in [-0.2, 0) is 0 Å². The molecule has 2 aromatic heterocycles. The third-order valence-corrected chi connectivity index (χ3v) is 3.32. The number of benzene rings is 1. The maximum atomic E-state index is 4.36. The number of rotatable bonds is 2. The highest BCUT2D eigenvalue weighted by atomic mass is 14.7. The number of nitrogens with zero attached hydrogens (tertiary/aromatic N) is 2. The molecule has 0 unspecified atom stereocenters. The molecular formula is C18H16N2. The lowest BCUT2D eigenvalue weighted by molar-refractivity contribution is 1.20. The second kappa shape index (κ2) is 5.25. The molecule has 2 nitrogen and oxygen atoms in total. The molecule has 3 aromatic rings. The topological polar surface area (TPSA) is 25.8 Å². The van der Waals surface area contributed by atoms with Gasteiger partial charge in [-0.25, -0.2) is 0 Å². The lowest BCUT2D eigenvalue weighted by Crippen LogP contribution is -1.85. The molecule has 0 saturated carbocycles. The molecule has 2 heteroatoms. The smallest absolute Gasteiger partial charge is 0.0373 e. The van der Waals surface area contributed by atoms with Crippen LogP contribution in [0.5, 0.6) is 0 Å². The third-order valence-electron chi connectivity index (χ3n) is 3.32. The molecule has 0 spiro atoms. The Morgan fingerprint density at radius 1 is 0.700 bits per heavy atom. The summed E-state index contributed by atoms with van der Waals surface area (Å²) in [5, 5.41) is 0. The van der Waals surface area contributed by atoms with Crippen molar-refractivity contribution in [2.75, 3.05) is 0 Å². The Morgan fingerprint density at radius 3 is 2.20 bits per heavy atom. The van der Waals surface area contributed by atoms with Gasteiger partial charge in [0.2, 0.25) is 0 Å². The molecule has 0 aliphatic rings. The van der Waals surface area contributed by atoms with Gasteiger partial charge in [0.05, 0.1) is 0 Å². The molecule has 2 heterocycles. The van der Waals surface area contributed by atoms with Gasteiger partial charge < -0.3 is 0 Å². The lowest BCUT2D eigenvalue weighted by Gasteiger charge is -2.06. The molecule has 0 amide bonds. The fourth-order valence-corrected chi connectivity index (χ4v) is 2.23. The van der Waals surface area contributed by atoms with E-state index in [0.717, 1.165) is 16.8 Å². The molecule has 0 aliphatic heterocycles. The zero-order chi connectivity index (χ0) is 13.9. The van der Waals surface area contributed by atoms with E-state index in [9.17, 15) is 0 Å². The maximum absolute atomic E-state index is 4.36. The number of hydrogen-bond acceptors (Lipinski definition) is 2. The van der Waals surface area contributed by atoms with Gasteiger partial charge in [-0.2, -0.15) is 0 Å². The summed E-state index contributed by atoms with van der Waals surface area (Å²) >= 11 is 0. The van der Waals surface area contributed by atoms with Gasteiger partial charge in [-0.3, -0.25) is 9.97 Å². The Balaban J connectivity index is 2.03. The third kappa shape index (κ3) is 2.59. The first-order valence-electron chi connectivity index (χ1n) is 6.67. The van der Waals surface area contributed by atoms with Crippen molar-refractivity contribution in [2.45, 2.75) is 13.8 Å². The first-order chi connectivity index (χ1) is 9.72. The molecule has 98 valence electrons. The number of aryl methyl sites for hydroxylation is 2. The van der Waals surface area contributed by atoms with E-state index < -0.39 is 0 Å². The molecule has 3 rings (SSSR count). The van der Waals surface area contributed by atoms with Crippen molar-refractivity contribution in [3.8, 4) is 22.3 Å². The van der Waals surface area contributed by atoms with Crippen molar-refractivity contribution in [3.05, 3.63) is 72.3 Å². The predicted molar refractivity (Wildman–Crippen MR) is 82.4 cm³/mol. The van der Waals surface area contributed by atoms with Crippen molar-refractivity contribution in [3.63, 3.8) is 0 Å². The lowest BCUT2D eigenvalue weighted by atomic mass is 10.0. The standard InChI is InChI=1S/C18H16N2/c1-13-8-18(11-19-10-13)16-5-3-4-15(9-16)17-7-6-14(2)20-12-17/h3-12H,1-2H3. The van der Waals surface area contributed by atoms with Gasteiger partial charge in [-0.05, 0) is 48.7 Å². The first-order valence-corrected chi connectivity index (χ1v) is 6.67. The second-order valence-corrected chi connectivity index (χ2v) is 5.02. The number of pyridine rings is 2. The van der Waals surface area contributed by atoms with Crippen LogP contribution in [0.25, 0.3) is 22.3 Å². The molecule has 0 bridgehead atoms. The highest BCUT2D eigenvalue weighted by Gasteiger charge is 2.02. The highest BCUT2D eigenvalue weighted by molar-refractivity contribution is 5.72. The average Bonchev–Trinajstić information content (AvgIpc) is 2.48. The van der Waals surface area contributed by atoms with Crippen LogP contribution < -0.4 is 0 Å². The molecule has 1 aromatic carbocycles. The fourth-order valence-electron chi connectivity index (χ4n) is 2.23. The first kappa shape index (κ1) is 12.5. The molecule has 20 heavy (non-hydrogen) atoms. The minimum absolute atomic E-state index is 1.03. The van der Waals surface area contributed by atoms with E-state index in [-0.39, 0.29) is 0 Å². The Morgan fingerprint density at radius 2 is 1.50 bits per heavy atom. The highest BCUT2D eigenvalue weighted by Crippen LogP contribution is 2.26. The van der Waals surface area contributed by atoms with Crippen molar-refractivity contribution in [1.82, 2.24) is 9.97 Å². The predicted octanol–water partition coefficient (Wildman–Crippen LogP) is 4.43. The van der Waals surface area contributed by atoms with Gasteiger partial charge in [0.1, 0.15) is 0 Å². The van der Waals surface area contributed by atoms with Crippen LogP contribution in [0.3, 0.4) is 0 Å². The van der Waals surface area contributed by atoms with E-state index in [0.29, 0.717) is 0 Å². The van der Waals surface area contributed by atoms with E-state index in [1.54, 1.807) is 0 Å². The van der Waals surface area contributed by atoms with Crippen molar-refractivity contribution >= 4 is 0 Å². The zero-order valence-electron chi connectivity index (χ0n) is 11.7. The molecular weight excluding hydrogens is 244 g/mol.